The third kappa shape index (κ3) is 8.52. The molecule has 5 nitrogen and oxygen atoms in total. The van der Waals surface area contributed by atoms with E-state index in [1.165, 1.54) is 38.5 Å². The first-order valence-corrected chi connectivity index (χ1v) is 10.0. The molecule has 1 rings (SSSR count). The number of carbonyl (C=O) groups excluding carboxylic acids is 1. The minimum atomic E-state index is -0.273. The summed E-state index contributed by atoms with van der Waals surface area (Å²) < 4.78 is 1.73. The summed E-state index contributed by atoms with van der Waals surface area (Å²) in [4.78, 5) is 15.0. The standard InChI is InChI=1S/C20H38N4O/c1-6-8-10-12-23(13-11-9-7-2)16-18(4)22-20(25)19(5)24-15-17(3)14-21-24/h14-15,18-19H,6-13,16H2,1-5H3,(H,22,25). The van der Waals surface area contributed by atoms with Crippen LogP contribution in [0, 0.1) is 6.92 Å². The molecule has 0 bridgehead atoms. The van der Waals surface area contributed by atoms with Crippen molar-refractivity contribution in [3.8, 4) is 0 Å². The van der Waals surface area contributed by atoms with E-state index < -0.39 is 0 Å². The smallest absolute Gasteiger partial charge is 0.244 e. The van der Waals surface area contributed by atoms with E-state index in [1.807, 2.05) is 20.0 Å². The van der Waals surface area contributed by atoms with Crippen molar-refractivity contribution >= 4 is 5.91 Å². The molecule has 2 atom stereocenters. The van der Waals surface area contributed by atoms with Gasteiger partial charge < -0.3 is 10.2 Å². The lowest BCUT2D eigenvalue weighted by Crippen LogP contribution is -2.44. The average molecular weight is 351 g/mol. The molecule has 1 aromatic rings. The van der Waals surface area contributed by atoms with E-state index >= 15 is 0 Å². The van der Waals surface area contributed by atoms with E-state index in [1.54, 1.807) is 10.9 Å². The van der Waals surface area contributed by atoms with E-state index in [9.17, 15) is 4.79 Å². The maximum absolute atomic E-state index is 12.5. The Hall–Kier alpha value is -1.36. The van der Waals surface area contributed by atoms with Gasteiger partial charge in [-0.05, 0) is 52.3 Å². The second-order valence-corrected chi connectivity index (χ2v) is 7.30. The quantitative estimate of drug-likeness (QED) is 0.548. The first-order chi connectivity index (χ1) is 12.0. The van der Waals surface area contributed by atoms with Gasteiger partial charge in [-0.1, -0.05) is 39.5 Å². The fraction of sp³-hybridized carbons (Fsp3) is 0.800. The molecule has 0 aromatic carbocycles. The van der Waals surface area contributed by atoms with E-state index in [0.29, 0.717) is 0 Å². The topological polar surface area (TPSA) is 50.2 Å². The molecule has 0 radical (unpaired) electrons. The normalized spacial score (nSPS) is 13.8. The zero-order valence-electron chi connectivity index (χ0n) is 16.9. The van der Waals surface area contributed by atoms with E-state index in [4.69, 9.17) is 0 Å². The van der Waals surface area contributed by atoms with Gasteiger partial charge in [0.2, 0.25) is 5.91 Å². The molecule has 25 heavy (non-hydrogen) atoms. The number of aryl methyl sites for hydroxylation is 1. The van der Waals surface area contributed by atoms with Gasteiger partial charge >= 0.3 is 0 Å². The van der Waals surface area contributed by atoms with Crippen molar-refractivity contribution in [2.75, 3.05) is 19.6 Å². The van der Waals surface area contributed by atoms with Crippen molar-refractivity contribution in [3.05, 3.63) is 18.0 Å². The number of hydrogen-bond donors (Lipinski definition) is 1. The lowest BCUT2D eigenvalue weighted by molar-refractivity contribution is -0.124. The van der Waals surface area contributed by atoms with Crippen LogP contribution in [0.25, 0.3) is 0 Å². The molecule has 0 aliphatic rings. The number of carbonyl (C=O) groups is 1. The summed E-state index contributed by atoms with van der Waals surface area (Å²) in [7, 11) is 0. The van der Waals surface area contributed by atoms with Crippen LogP contribution in [0.5, 0.6) is 0 Å². The Morgan fingerprint density at radius 1 is 1.16 bits per heavy atom. The summed E-state index contributed by atoms with van der Waals surface area (Å²) in [6.07, 6.45) is 11.2. The second-order valence-electron chi connectivity index (χ2n) is 7.30. The highest BCUT2D eigenvalue weighted by Crippen LogP contribution is 2.08. The minimum absolute atomic E-state index is 0.0395. The van der Waals surface area contributed by atoms with Crippen LogP contribution >= 0.6 is 0 Å². The Morgan fingerprint density at radius 3 is 2.24 bits per heavy atom. The lowest BCUT2D eigenvalue weighted by Gasteiger charge is -2.27. The molecule has 2 unspecified atom stereocenters. The molecule has 5 heteroatoms. The highest BCUT2D eigenvalue weighted by atomic mass is 16.2. The van der Waals surface area contributed by atoms with Crippen LogP contribution in [-0.2, 0) is 4.79 Å². The van der Waals surface area contributed by atoms with Gasteiger partial charge in [0.25, 0.3) is 0 Å². The molecule has 0 saturated carbocycles. The number of nitrogens with zero attached hydrogens (tertiary/aromatic N) is 3. The Morgan fingerprint density at radius 2 is 1.76 bits per heavy atom. The largest absolute Gasteiger partial charge is 0.351 e. The summed E-state index contributed by atoms with van der Waals surface area (Å²) in [5.41, 5.74) is 1.07. The monoisotopic (exact) mass is 350 g/mol. The summed E-state index contributed by atoms with van der Waals surface area (Å²) in [6.45, 7) is 13.6. The van der Waals surface area contributed by atoms with Crippen LogP contribution < -0.4 is 5.32 Å². The zero-order valence-corrected chi connectivity index (χ0v) is 16.9. The first kappa shape index (κ1) is 21.7. The molecule has 1 N–H and O–H groups in total. The van der Waals surface area contributed by atoms with Gasteiger partial charge in [0.1, 0.15) is 6.04 Å². The van der Waals surface area contributed by atoms with Crippen LogP contribution in [-0.4, -0.2) is 46.3 Å². The Labute approximate surface area is 154 Å². The molecule has 0 saturated heterocycles. The third-order valence-electron chi connectivity index (χ3n) is 4.58. The molecule has 1 aromatic heterocycles. The summed E-state index contributed by atoms with van der Waals surface area (Å²) >= 11 is 0. The summed E-state index contributed by atoms with van der Waals surface area (Å²) in [6, 6.07) is -0.125. The Balaban J connectivity index is 2.47. The first-order valence-electron chi connectivity index (χ1n) is 10.0. The van der Waals surface area contributed by atoms with Crippen molar-refractivity contribution < 1.29 is 4.79 Å². The minimum Gasteiger partial charge on any atom is -0.351 e. The molecule has 144 valence electrons. The number of aromatic nitrogens is 2. The molecule has 0 aliphatic heterocycles. The van der Waals surface area contributed by atoms with Gasteiger partial charge in [0, 0.05) is 18.8 Å². The zero-order chi connectivity index (χ0) is 18.7. The van der Waals surface area contributed by atoms with Crippen LogP contribution in [0.15, 0.2) is 12.4 Å². The van der Waals surface area contributed by atoms with E-state index in [0.717, 1.165) is 25.2 Å². The number of rotatable bonds is 13. The Kier molecular flexibility index (Phi) is 10.5. The van der Waals surface area contributed by atoms with Crippen LogP contribution in [0.1, 0.15) is 77.8 Å². The molecule has 0 fully saturated rings. The molecule has 0 spiro atoms. The van der Waals surface area contributed by atoms with Crippen LogP contribution in [0.2, 0.25) is 0 Å². The molecule has 1 amide bonds. The van der Waals surface area contributed by atoms with Gasteiger partial charge in [0.15, 0.2) is 0 Å². The molecule has 1 heterocycles. The van der Waals surface area contributed by atoms with Gasteiger partial charge in [-0.15, -0.1) is 0 Å². The highest BCUT2D eigenvalue weighted by molar-refractivity contribution is 5.80. The number of amides is 1. The number of hydrogen-bond acceptors (Lipinski definition) is 3. The summed E-state index contributed by atoms with van der Waals surface area (Å²) in [5, 5.41) is 7.41. The fourth-order valence-electron chi connectivity index (χ4n) is 3.03. The highest BCUT2D eigenvalue weighted by Gasteiger charge is 2.19. The molecular weight excluding hydrogens is 312 g/mol. The number of nitrogens with one attached hydrogen (secondary N) is 1. The van der Waals surface area contributed by atoms with Crippen molar-refractivity contribution in [2.45, 2.75) is 85.2 Å². The third-order valence-corrected chi connectivity index (χ3v) is 4.58. The van der Waals surface area contributed by atoms with E-state index in [2.05, 4.69) is 36.1 Å². The number of unbranched alkanes of at least 4 members (excludes halogenated alkanes) is 4. The van der Waals surface area contributed by atoms with Crippen LogP contribution in [0.4, 0.5) is 0 Å². The maximum Gasteiger partial charge on any atom is 0.244 e. The second kappa shape index (κ2) is 12.1. The molecule has 0 aliphatic carbocycles. The molecular formula is C20H38N4O. The van der Waals surface area contributed by atoms with Gasteiger partial charge in [0.05, 0.1) is 6.20 Å². The van der Waals surface area contributed by atoms with Crippen molar-refractivity contribution in [1.82, 2.24) is 20.0 Å². The van der Waals surface area contributed by atoms with Crippen molar-refractivity contribution in [1.29, 1.82) is 0 Å². The summed E-state index contributed by atoms with van der Waals surface area (Å²) in [5.74, 6) is 0.0395. The van der Waals surface area contributed by atoms with Crippen molar-refractivity contribution in [2.24, 2.45) is 0 Å². The fourth-order valence-corrected chi connectivity index (χ4v) is 3.03. The SMILES string of the molecule is CCCCCN(CCCCC)CC(C)NC(=O)C(C)n1cc(C)cn1. The van der Waals surface area contributed by atoms with Gasteiger partial charge in [-0.25, -0.2) is 0 Å². The van der Waals surface area contributed by atoms with Gasteiger partial charge in [-0.3, -0.25) is 9.48 Å². The van der Waals surface area contributed by atoms with Crippen LogP contribution in [0.3, 0.4) is 0 Å². The average Bonchev–Trinajstić information content (AvgIpc) is 3.00. The van der Waals surface area contributed by atoms with Gasteiger partial charge in [-0.2, -0.15) is 5.10 Å². The van der Waals surface area contributed by atoms with E-state index in [-0.39, 0.29) is 18.0 Å². The van der Waals surface area contributed by atoms with Crippen molar-refractivity contribution in [3.63, 3.8) is 0 Å². The predicted molar refractivity (Wildman–Crippen MR) is 105 cm³/mol. The predicted octanol–water partition coefficient (Wildman–Crippen LogP) is 3.94. The Bertz CT molecular complexity index is 476. The maximum atomic E-state index is 12.5. The lowest BCUT2D eigenvalue weighted by atomic mass is 10.2.